The van der Waals surface area contributed by atoms with Crippen LogP contribution in [0.2, 0.25) is 0 Å². The van der Waals surface area contributed by atoms with Crippen LogP contribution in [0.5, 0.6) is 0 Å². The third-order valence-electron chi connectivity index (χ3n) is 6.17. The molecule has 0 aliphatic carbocycles. The van der Waals surface area contributed by atoms with Crippen molar-refractivity contribution >= 4 is 11.8 Å². The zero-order chi connectivity index (χ0) is 28.9. The van der Waals surface area contributed by atoms with Crippen molar-refractivity contribution in [2.45, 2.75) is 79.7 Å². The molecule has 0 fully saturated rings. The van der Waals surface area contributed by atoms with Crippen molar-refractivity contribution in [3.05, 3.63) is 10.1 Å². The van der Waals surface area contributed by atoms with Gasteiger partial charge in [0.15, 0.2) is 0 Å². The summed E-state index contributed by atoms with van der Waals surface area (Å²) in [4.78, 5) is 36.1. The predicted octanol–water partition coefficient (Wildman–Crippen LogP) is 1.65. The number of hydrogen-bond donors (Lipinski definition) is 4. The lowest BCUT2D eigenvalue weighted by Gasteiger charge is -2.28. The number of carbonyl (C=O) groups is 2. The second-order valence-corrected chi connectivity index (χ2v) is 12.6. The molecule has 0 saturated heterocycles. The summed E-state index contributed by atoms with van der Waals surface area (Å²) in [7, 11) is 1.65. The highest BCUT2D eigenvalue weighted by molar-refractivity contribution is 5.76. The number of nitrogens with two attached hydrogens (primary N) is 2. The second-order valence-electron chi connectivity index (χ2n) is 12.6. The maximum absolute atomic E-state index is 12.4. The number of ether oxygens (including phenoxy) is 2. The molecule has 0 saturated carbocycles. The van der Waals surface area contributed by atoms with Crippen LogP contribution in [-0.2, 0) is 19.1 Å². The van der Waals surface area contributed by atoms with Gasteiger partial charge in [0.25, 0.3) is 0 Å². The first-order chi connectivity index (χ1) is 16.9. The van der Waals surface area contributed by atoms with E-state index in [0.717, 1.165) is 0 Å². The number of nitrogens with zero attached hydrogens (tertiary/aromatic N) is 2. The van der Waals surface area contributed by atoms with Crippen molar-refractivity contribution in [1.82, 2.24) is 15.8 Å². The molecular weight excluding hydrogens is 480 g/mol. The van der Waals surface area contributed by atoms with E-state index >= 15 is 0 Å². The monoisotopic (exact) mass is 532 g/mol. The first-order valence-corrected chi connectivity index (χ1v) is 12.8. The van der Waals surface area contributed by atoms with E-state index in [0.29, 0.717) is 39.5 Å². The fourth-order valence-corrected chi connectivity index (χ4v) is 3.03. The number of nitrogens with one attached hydrogen (secondary N) is 2. The molecule has 12 heteroatoms. The largest absolute Gasteiger partial charge is 0.380 e. The Bertz CT molecular complexity index is 730. The van der Waals surface area contributed by atoms with Crippen molar-refractivity contribution in [2.75, 3.05) is 53.2 Å². The highest BCUT2D eigenvalue weighted by Crippen LogP contribution is 2.23. The van der Waals surface area contributed by atoms with Gasteiger partial charge in [0.1, 0.15) is 6.73 Å². The quantitative estimate of drug-likeness (QED) is 0.103. The van der Waals surface area contributed by atoms with Gasteiger partial charge in [0.05, 0.1) is 19.8 Å². The summed E-state index contributed by atoms with van der Waals surface area (Å²) in [6, 6.07) is 0. The lowest BCUT2D eigenvalue weighted by molar-refractivity contribution is -0.567. The van der Waals surface area contributed by atoms with Crippen molar-refractivity contribution < 1.29 is 24.0 Å². The van der Waals surface area contributed by atoms with Crippen LogP contribution in [0.15, 0.2) is 0 Å². The zero-order valence-corrected chi connectivity index (χ0v) is 24.3. The van der Waals surface area contributed by atoms with Gasteiger partial charge in [0, 0.05) is 67.4 Å². The first-order valence-electron chi connectivity index (χ1n) is 12.8. The third-order valence-corrected chi connectivity index (χ3v) is 6.17. The smallest absolute Gasteiger partial charge is 0.234 e. The minimum Gasteiger partial charge on any atom is -0.380 e. The van der Waals surface area contributed by atoms with Gasteiger partial charge in [-0.15, -0.1) is 0 Å². The van der Waals surface area contributed by atoms with Gasteiger partial charge >= 0.3 is 0 Å². The minimum atomic E-state index is -1.40. The Hall–Kier alpha value is -1.86. The molecule has 6 N–H and O–H groups in total. The zero-order valence-electron chi connectivity index (χ0n) is 24.3. The molecule has 1 unspecified atom stereocenters. The number of carbonyl (C=O) groups excluding carboxylic acids is 2. The molecular formula is C25H52N6O6. The van der Waals surface area contributed by atoms with Crippen molar-refractivity contribution in [1.29, 1.82) is 0 Å². The van der Waals surface area contributed by atoms with E-state index in [4.69, 9.17) is 20.9 Å². The summed E-state index contributed by atoms with van der Waals surface area (Å²) < 4.78 is 11.3. The Kier molecular flexibility index (Phi) is 14.7. The molecule has 0 aromatic carbocycles. The van der Waals surface area contributed by atoms with E-state index in [1.165, 1.54) is 11.9 Å². The maximum Gasteiger partial charge on any atom is 0.234 e. The minimum absolute atomic E-state index is 0.00424. The molecule has 0 aromatic heterocycles. The SMILES string of the molecule is CN(COCC(C)(C)CN)NC(=O)CCC(C)(CCC(=O)NCC(C)(C)COCC(C)(C)CN)[N+](=O)[O-]. The van der Waals surface area contributed by atoms with Crippen LogP contribution in [0.1, 0.15) is 74.1 Å². The molecule has 0 radical (unpaired) electrons. The fraction of sp³-hybridized carbons (Fsp3) is 0.920. The number of hydrogen-bond acceptors (Lipinski definition) is 9. The van der Waals surface area contributed by atoms with Gasteiger partial charge in [-0.25, -0.2) is 0 Å². The summed E-state index contributed by atoms with van der Waals surface area (Å²) in [5.41, 5.74) is 12.0. The van der Waals surface area contributed by atoms with Gasteiger partial charge in [-0.2, -0.15) is 5.01 Å². The molecule has 0 aliphatic rings. The van der Waals surface area contributed by atoms with E-state index in [-0.39, 0.29) is 60.5 Å². The predicted molar refractivity (Wildman–Crippen MR) is 144 cm³/mol. The lowest BCUT2D eigenvalue weighted by Crippen LogP contribution is -2.43. The van der Waals surface area contributed by atoms with E-state index in [1.54, 1.807) is 7.05 Å². The molecule has 0 heterocycles. The molecule has 2 amide bonds. The van der Waals surface area contributed by atoms with Crippen molar-refractivity contribution in [3.8, 4) is 0 Å². The van der Waals surface area contributed by atoms with Crippen LogP contribution in [0.3, 0.4) is 0 Å². The molecule has 218 valence electrons. The highest BCUT2D eigenvalue weighted by atomic mass is 16.6. The topological polar surface area (TPSA) is 175 Å². The molecule has 0 aliphatic heterocycles. The first kappa shape index (κ1) is 35.1. The molecule has 12 nitrogen and oxygen atoms in total. The summed E-state index contributed by atoms with van der Waals surface area (Å²) in [6.45, 7) is 16.3. The normalized spacial score (nSPS) is 14.4. The lowest BCUT2D eigenvalue weighted by atomic mass is 9.90. The van der Waals surface area contributed by atoms with Crippen molar-refractivity contribution in [3.63, 3.8) is 0 Å². The molecule has 1 atom stereocenters. The van der Waals surface area contributed by atoms with Crippen LogP contribution in [-0.4, -0.2) is 80.5 Å². The van der Waals surface area contributed by atoms with E-state index in [2.05, 4.69) is 10.7 Å². The Morgan fingerprint density at radius 1 is 0.838 bits per heavy atom. The van der Waals surface area contributed by atoms with Gasteiger partial charge in [-0.1, -0.05) is 41.5 Å². The summed E-state index contributed by atoms with van der Waals surface area (Å²) in [5, 5.41) is 16.1. The number of hydrazine groups is 1. The molecule has 0 rings (SSSR count). The standard InChI is InChI=1S/C25H52N6O6/c1-22(2,13-26)16-36-18-24(5,6)15-28-20(32)9-11-25(7,31(34)35)12-10-21(33)29-30(8)19-37-17-23(3,4)14-27/h9-19,26-27H2,1-8H3,(H,28,32)(H,29,33). The van der Waals surface area contributed by atoms with Crippen molar-refractivity contribution in [2.24, 2.45) is 27.7 Å². The summed E-state index contributed by atoms with van der Waals surface area (Å²) >= 11 is 0. The van der Waals surface area contributed by atoms with Crippen LogP contribution >= 0.6 is 0 Å². The average Bonchev–Trinajstić information content (AvgIpc) is 2.79. The Morgan fingerprint density at radius 2 is 1.30 bits per heavy atom. The Morgan fingerprint density at radius 3 is 1.78 bits per heavy atom. The molecule has 0 spiro atoms. The highest BCUT2D eigenvalue weighted by Gasteiger charge is 2.38. The fourth-order valence-electron chi connectivity index (χ4n) is 3.03. The maximum atomic E-state index is 12.4. The van der Waals surface area contributed by atoms with E-state index in [9.17, 15) is 19.7 Å². The number of amides is 2. The average molecular weight is 533 g/mol. The molecule has 0 bridgehead atoms. The summed E-state index contributed by atoms with van der Waals surface area (Å²) in [5.74, 6) is -0.633. The molecule has 0 aromatic rings. The van der Waals surface area contributed by atoms with Crippen LogP contribution in [0, 0.1) is 26.4 Å². The van der Waals surface area contributed by atoms with Crippen LogP contribution in [0.4, 0.5) is 0 Å². The summed E-state index contributed by atoms with van der Waals surface area (Å²) in [6.07, 6.45) is -0.0414. The third kappa shape index (κ3) is 15.9. The second kappa shape index (κ2) is 15.5. The number of rotatable bonds is 20. The number of nitro groups is 1. The van der Waals surface area contributed by atoms with Crippen LogP contribution in [0.25, 0.3) is 0 Å². The Labute approximate surface area is 222 Å². The van der Waals surface area contributed by atoms with Crippen LogP contribution < -0.4 is 22.2 Å². The van der Waals surface area contributed by atoms with Gasteiger partial charge < -0.3 is 26.3 Å². The van der Waals surface area contributed by atoms with Gasteiger partial charge in [-0.3, -0.25) is 25.1 Å². The van der Waals surface area contributed by atoms with Gasteiger partial charge in [-0.05, 0) is 13.1 Å². The van der Waals surface area contributed by atoms with E-state index in [1.807, 2.05) is 41.5 Å². The van der Waals surface area contributed by atoms with E-state index < -0.39 is 10.5 Å². The molecule has 37 heavy (non-hydrogen) atoms. The van der Waals surface area contributed by atoms with Gasteiger partial charge in [0.2, 0.25) is 17.4 Å². The Balaban J connectivity index is 4.53.